The molecule has 6 heteroatoms. The molecule has 0 bridgehead atoms. The van der Waals surface area contributed by atoms with Gasteiger partial charge in [-0.25, -0.2) is 9.78 Å². The van der Waals surface area contributed by atoms with E-state index in [1.165, 1.54) is 0 Å². The number of unbranched alkanes of at least 4 members (excludes halogenated alkanes) is 1. The van der Waals surface area contributed by atoms with E-state index in [0.717, 1.165) is 51.4 Å². The van der Waals surface area contributed by atoms with Gasteiger partial charge in [-0.1, -0.05) is 79.6 Å². The average Bonchev–Trinajstić information content (AvgIpc) is 2.98. The first-order valence-corrected chi connectivity index (χ1v) is 14.5. The second-order valence-electron chi connectivity index (χ2n) is 10.5. The Hall–Kier alpha value is -4.35. The van der Waals surface area contributed by atoms with Gasteiger partial charge in [0.2, 0.25) is 0 Å². The molecule has 1 atom stereocenters. The summed E-state index contributed by atoms with van der Waals surface area (Å²) >= 11 is 6.31. The Morgan fingerprint density at radius 2 is 1.67 bits per heavy atom. The zero-order valence-corrected chi connectivity index (χ0v) is 25.5. The van der Waals surface area contributed by atoms with Crippen LogP contribution in [0.4, 0.5) is 5.82 Å². The second-order valence-corrected chi connectivity index (χ2v) is 10.8. The molecule has 2 N–H and O–H groups in total. The molecule has 216 valence electrons. The number of anilines is 1. The van der Waals surface area contributed by atoms with Crippen molar-refractivity contribution in [2.24, 2.45) is 0 Å². The predicted octanol–water partition coefficient (Wildman–Crippen LogP) is 10.4. The smallest absolute Gasteiger partial charge is 0.336 e. The summed E-state index contributed by atoms with van der Waals surface area (Å²) < 4.78 is 6.09. The number of allylic oxidation sites excluding steroid dienone is 2. The minimum atomic E-state index is -0.990. The number of pyridine rings is 1. The molecular formula is C36H37ClN2O3. The number of benzene rings is 3. The van der Waals surface area contributed by atoms with Gasteiger partial charge in [-0.05, 0) is 98.4 Å². The SMILES string of the molecule is CCCC=C(C)c1c(C(=O)O)cc(C=Cc2ccccc2)nc1NC(C)c1ccc(Oc2cc(C)c(Cl)c(C)c2)cc1. The minimum Gasteiger partial charge on any atom is -0.478 e. The highest BCUT2D eigenvalue weighted by atomic mass is 35.5. The van der Waals surface area contributed by atoms with Gasteiger partial charge in [-0.2, -0.15) is 0 Å². The van der Waals surface area contributed by atoms with Crippen molar-refractivity contribution in [3.05, 3.63) is 123 Å². The highest BCUT2D eigenvalue weighted by Crippen LogP contribution is 2.33. The van der Waals surface area contributed by atoms with Gasteiger partial charge in [0.1, 0.15) is 17.3 Å². The van der Waals surface area contributed by atoms with Crippen LogP contribution in [0.1, 0.15) is 83.5 Å². The van der Waals surface area contributed by atoms with E-state index in [0.29, 0.717) is 22.8 Å². The van der Waals surface area contributed by atoms with E-state index in [1.54, 1.807) is 6.07 Å². The number of hydrogen-bond donors (Lipinski definition) is 2. The monoisotopic (exact) mass is 580 g/mol. The van der Waals surface area contributed by atoms with Crippen molar-refractivity contribution in [1.29, 1.82) is 0 Å². The highest BCUT2D eigenvalue weighted by molar-refractivity contribution is 6.32. The van der Waals surface area contributed by atoms with Crippen LogP contribution in [0.15, 0.2) is 78.9 Å². The Labute approximate surface area is 253 Å². The fourth-order valence-electron chi connectivity index (χ4n) is 4.75. The Balaban J connectivity index is 1.65. The molecule has 0 amide bonds. The first kappa shape index (κ1) is 30.6. The Morgan fingerprint density at radius 1 is 1.00 bits per heavy atom. The standard InChI is InChI=1S/C36H37ClN2O3/c1-6-7-11-23(2)33-32(36(40)41)22-29(17-14-27-12-9-8-10-13-27)39-35(33)38-26(5)28-15-18-30(19-16-28)42-31-20-24(3)34(37)25(4)21-31/h8-22,26H,6-7H2,1-5H3,(H,38,39)(H,40,41). The maximum absolute atomic E-state index is 12.5. The third-order valence-electron chi connectivity index (χ3n) is 7.03. The average molecular weight is 581 g/mol. The number of hydrogen-bond acceptors (Lipinski definition) is 4. The Kier molecular flexibility index (Phi) is 10.2. The maximum Gasteiger partial charge on any atom is 0.336 e. The van der Waals surface area contributed by atoms with Gasteiger partial charge >= 0.3 is 5.97 Å². The summed E-state index contributed by atoms with van der Waals surface area (Å²) in [6.07, 6.45) is 7.67. The van der Waals surface area contributed by atoms with Gasteiger partial charge in [-0.15, -0.1) is 0 Å². The molecule has 1 unspecified atom stereocenters. The molecule has 1 aromatic heterocycles. The van der Waals surface area contributed by atoms with Crippen molar-refractivity contribution >= 4 is 41.1 Å². The Morgan fingerprint density at radius 3 is 2.29 bits per heavy atom. The third kappa shape index (κ3) is 7.68. The fraction of sp³-hybridized carbons (Fsp3) is 0.222. The van der Waals surface area contributed by atoms with Crippen LogP contribution in [-0.2, 0) is 0 Å². The molecule has 3 aromatic carbocycles. The van der Waals surface area contributed by atoms with Crippen molar-refractivity contribution in [2.75, 3.05) is 5.32 Å². The van der Waals surface area contributed by atoms with E-state index >= 15 is 0 Å². The lowest BCUT2D eigenvalue weighted by Crippen LogP contribution is -2.13. The number of nitrogens with zero attached hydrogens (tertiary/aromatic N) is 1. The van der Waals surface area contributed by atoms with E-state index < -0.39 is 5.97 Å². The van der Waals surface area contributed by atoms with E-state index in [4.69, 9.17) is 21.3 Å². The summed E-state index contributed by atoms with van der Waals surface area (Å²) in [5.74, 6) is 0.992. The Bertz CT molecular complexity index is 1590. The normalized spacial score (nSPS) is 12.4. The van der Waals surface area contributed by atoms with Crippen molar-refractivity contribution < 1.29 is 14.6 Å². The zero-order valence-electron chi connectivity index (χ0n) is 24.7. The van der Waals surface area contributed by atoms with Crippen molar-refractivity contribution in [3.63, 3.8) is 0 Å². The number of aromatic nitrogens is 1. The van der Waals surface area contributed by atoms with Gasteiger partial charge in [0.25, 0.3) is 0 Å². The molecule has 0 aliphatic heterocycles. The lowest BCUT2D eigenvalue weighted by molar-refractivity contribution is 0.0696. The molecule has 1 heterocycles. The summed E-state index contributed by atoms with van der Waals surface area (Å²) in [6, 6.07) is 23.1. The molecule has 0 aliphatic rings. The van der Waals surface area contributed by atoms with Gasteiger partial charge in [0.15, 0.2) is 0 Å². The van der Waals surface area contributed by atoms with Crippen LogP contribution in [0.2, 0.25) is 5.02 Å². The van der Waals surface area contributed by atoms with Crippen LogP contribution >= 0.6 is 11.6 Å². The summed E-state index contributed by atoms with van der Waals surface area (Å²) in [4.78, 5) is 17.3. The molecule has 5 nitrogen and oxygen atoms in total. The van der Waals surface area contributed by atoms with Crippen LogP contribution in [0.25, 0.3) is 17.7 Å². The fourth-order valence-corrected chi connectivity index (χ4v) is 4.85. The molecule has 0 spiro atoms. The van der Waals surface area contributed by atoms with Crippen molar-refractivity contribution in [3.8, 4) is 11.5 Å². The highest BCUT2D eigenvalue weighted by Gasteiger charge is 2.20. The quantitative estimate of drug-likeness (QED) is 0.185. The molecule has 4 rings (SSSR count). The number of halogens is 1. The topological polar surface area (TPSA) is 71.5 Å². The molecule has 0 fully saturated rings. The number of rotatable bonds is 11. The number of aromatic carboxylic acids is 1. The van der Waals surface area contributed by atoms with E-state index in [-0.39, 0.29) is 11.6 Å². The van der Waals surface area contributed by atoms with Crippen LogP contribution in [-0.4, -0.2) is 16.1 Å². The molecule has 0 saturated heterocycles. The van der Waals surface area contributed by atoms with E-state index in [2.05, 4.69) is 18.3 Å². The summed E-state index contributed by atoms with van der Waals surface area (Å²) in [5, 5.41) is 14.4. The van der Waals surface area contributed by atoms with Crippen LogP contribution in [0.5, 0.6) is 11.5 Å². The maximum atomic E-state index is 12.5. The molecule has 0 radical (unpaired) electrons. The molecule has 4 aromatic rings. The first-order chi connectivity index (χ1) is 20.2. The molecule has 42 heavy (non-hydrogen) atoms. The number of ether oxygens (including phenoxy) is 1. The zero-order chi connectivity index (χ0) is 30.2. The van der Waals surface area contributed by atoms with Gasteiger partial charge in [0.05, 0.1) is 11.3 Å². The summed E-state index contributed by atoms with van der Waals surface area (Å²) in [6.45, 7) is 10.00. The van der Waals surface area contributed by atoms with Crippen LogP contribution in [0, 0.1) is 13.8 Å². The van der Waals surface area contributed by atoms with Crippen molar-refractivity contribution in [1.82, 2.24) is 4.98 Å². The second kappa shape index (κ2) is 14.0. The predicted molar refractivity (Wildman–Crippen MR) is 175 cm³/mol. The largest absolute Gasteiger partial charge is 0.478 e. The van der Waals surface area contributed by atoms with Crippen molar-refractivity contribution in [2.45, 2.75) is 53.5 Å². The van der Waals surface area contributed by atoms with Crippen LogP contribution in [0.3, 0.4) is 0 Å². The minimum absolute atomic E-state index is 0.153. The van der Waals surface area contributed by atoms with Gasteiger partial charge in [0, 0.05) is 16.6 Å². The van der Waals surface area contributed by atoms with E-state index in [1.807, 2.05) is 107 Å². The lowest BCUT2D eigenvalue weighted by Gasteiger charge is -2.20. The molecule has 0 saturated carbocycles. The lowest BCUT2D eigenvalue weighted by atomic mass is 9.98. The number of carboxylic acids is 1. The number of carboxylic acid groups (broad SMARTS) is 1. The molecular weight excluding hydrogens is 544 g/mol. The number of carbonyl (C=O) groups is 1. The summed E-state index contributed by atoms with van der Waals surface area (Å²) in [5.41, 5.74) is 6.22. The van der Waals surface area contributed by atoms with Gasteiger partial charge < -0.3 is 15.2 Å². The first-order valence-electron chi connectivity index (χ1n) is 14.2. The van der Waals surface area contributed by atoms with E-state index in [9.17, 15) is 9.90 Å². The number of nitrogens with one attached hydrogen (secondary N) is 1. The van der Waals surface area contributed by atoms with Crippen LogP contribution < -0.4 is 10.1 Å². The third-order valence-corrected chi connectivity index (χ3v) is 7.62. The molecule has 0 aliphatic carbocycles. The number of aryl methyl sites for hydroxylation is 2. The van der Waals surface area contributed by atoms with Gasteiger partial charge in [-0.3, -0.25) is 0 Å². The summed E-state index contributed by atoms with van der Waals surface area (Å²) in [7, 11) is 0.